The third kappa shape index (κ3) is 3.69. The zero-order chi connectivity index (χ0) is 20.4. The van der Waals surface area contributed by atoms with Gasteiger partial charge < -0.3 is 19.5 Å². The van der Waals surface area contributed by atoms with E-state index in [0.717, 1.165) is 48.9 Å². The van der Waals surface area contributed by atoms with Gasteiger partial charge in [0.1, 0.15) is 5.75 Å². The SMILES string of the molecule is COc1ccccc1N1CC[NH+]([C@H](C)C(=O)c2[nH]c(C)c(C(C)=O)c2C)CC1. The lowest BCUT2D eigenvalue weighted by Gasteiger charge is -2.36. The molecule has 28 heavy (non-hydrogen) atoms. The Morgan fingerprint density at radius 3 is 2.39 bits per heavy atom. The summed E-state index contributed by atoms with van der Waals surface area (Å²) in [6.45, 7) is 10.7. The minimum absolute atomic E-state index is 0.00396. The van der Waals surface area contributed by atoms with Gasteiger partial charge in [0.25, 0.3) is 0 Å². The van der Waals surface area contributed by atoms with Crippen LogP contribution in [0.3, 0.4) is 0 Å². The number of aryl methyl sites for hydroxylation is 1. The molecule has 0 saturated carbocycles. The van der Waals surface area contributed by atoms with Gasteiger partial charge in [-0.25, -0.2) is 0 Å². The number of piperazine rings is 1. The second-order valence-electron chi connectivity index (χ2n) is 7.58. The van der Waals surface area contributed by atoms with Crippen LogP contribution in [0.25, 0.3) is 0 Å². The van der Waals surface area contributed by atoms with Crippen molar-refractivity contribution in [3.63, 3.8) is 0 Å². The fourth-order valence-electron chi connectivity index (χ4n) is 4.29. The number of hydrogen-bond donors (Lipinski definition) is 2. The second-order valence-corrected chi connectivity index (χ2v) is 7.58. The summed E-state index contributed by atoms with van der Waals surface area (Å²) in [4.78, 5) is 31.7. The topological polar surface area (TPSA) is 66.8 Å². The predicted octanol–water partition coefficient (Wildman–Crippen LogP) is 1.82. The number of aromatic nitrogens is 1. The van der Waals surface area contributed by atoms with Crippen LogP contribution >= 0.6 is 0 Å². The number of Topliss-reactive ketones (excluding diaryl/α,β-unsaturated/α-hetero) is 2. The van der Waals surface area contributed by atoms with E-state index in [4.69, 9.17) is 4.74 Å². The Bertz CT molecular complexity index is 879. The lowest BCUT2D eigenvalue weighted by Crippen LogP contribution is -3.18. The quantitative estimate of drug-likeness (QED) is 0.746. The molecule has 6 heteroatoms. The maximum Gasteiger partial charge on any atom is 0.235 e. The molecule has 1 saturated heterocycles. The molecule has 0 radical (unpaired) electrons. The third-order valence-electron chi connectivity index (χ3n) is 5.87. The predicted molar refractivity (Wildman–Crippen MR) is 110 cm³/mol. The van der Waals surface area contributed by atoms with Gasteiger partial charge in [-0.15, -0.1) is 0 Å². The van der Waals surface area contributed by atoms with Crippen LogP contribution < -0.4 is 14.5 Å². The van der Waals surface area contributed by atoms with Crippen molar-refractivity contribution in [2.24, 2.45) is 0 Å². The number of methoxy groups -OCH3 is 1. The largest absolute Gasteiger partial charge is 0.495 e. The van der Waals surface area contributed by atoms with Crippen LogP contribution in [0.1, 0.15) is 46.0 Å². The number of ether oxygens (including phenoxy) is 1. The first-order valence-corrected chi connectivity index (χ1v) is 9.82. The summed E-state index contributed by atoms with van der Waals surface area (Å²) in [6, 6.07) is 7.89. The van der Waals surface area contributed by atoms with E-state index in [2.05, 4.69) is 16.0 Å². The Morgan fingerprint density at radius 1 is 1.18 bits per heavy atom. The smallest absolute Gasteiger partial charge is 0.235 e. The van der Waals surface area contributed by atoms with E-state index >= 15 is 0 Å². The molecule has 6 nitrogen and oxygen atoms in total. The molecule has 1 aromatic carbocycles. The average Bonchev–Trinajstić information content (AvgIpc) is 3.01. The highest BCUT2D eigenvalue weighted by Crippen LogP contribution is 2.27. The standard InChI is InChI=1S/C22H29N3O3/c1-14-20(17(4)26)15(2)23-21(14)22(27)16(3)24-10-12-25(13-11-24)18-8-6-7-9-19(18)28-5/h6-9,16,23H,10-13H2,1-5H3/p+1/t16-/m1/s1. The zero-order valence-corrected chi connectivity index (χ0v) is 17.4. The first-order chi connectivity index (χ1) is 13.3. The Morgan fingerprint density at radius 2 is 1.82 bits per heavy atom. The third-order valence-corrected chi connectivity index (χ3v) is 5.87. The number of H-pyrrole nitrogens is 1. The number of aromatic amines is 1. The van der Waals surface area contributed by atoms with Crippen LogP contribution in [-0.4, -0.2) is 55.9 Å². The molecule has 0 bridgehead atoms. The number of para-hydroxylation sites is 2. The second kappa shape index (κ2) is 8.19. The van der Waals surface area contributed by atoms with Crippen molar-refractivity contribution < 1.29 is 19.2 Å². The molecule has 1 atom stereocenters. The van der Waals surface area contributed by atoms with Gasteiger partial charge in [-0.3, -0.25) is 9.59 Å². The highest BCUT2D eigenvalue weighted by atomic mass is 16.5. The number of quaternary nitrogens is 1. The Labute approximate surface area is 166 Å². The first kappa shape index (κ1) is 20.1. The van der Waals surface area contributed by atoms with Crippen molar-refractivity contribution in [1.82, 2.24) is 4.98 Å². The number of anilines is 1. The van der Waals surface area contributed by atoms with Crippen LogP contribution in [0.5, 0.6) is 5.75 Å². The lowest BCUT2D eigenvalue weighted by molar-refractivity contribution is -0.914. The lowest BCUT2D eigenvalue weighted by atomic mass is 10.0. The molecule has 150 valence electrons. The van der Waals surface area contributed by atoms with E-state index in [1.807, 2.05) is 39.0 Å². The monoisotopic (exact) mass is 384 g/mol. The van der Waals surface area contributed by atoms with Crippen molar-refractivity contribution >= 4 is 17.3 Å². The summed E-state index contributed by atoms with van der Waals surface area (Å²) in [5, 5.41) is 0. The summed E-state index contributed by atoms with van der Waals surface area (Å²) < 4.78 is 5.48. The molecule has 3 rings (SSSR count). The molecule has 1 aliphatic rings. The van der Waals surface area contributed by atoms with Crippen molar-refractivity contribution in [1.29, 1.82) is 0 Å². The van der Waals surface area contributed by atoms with Crippen molar-refractivity contribution in [3.05, 3.63) is 46.8 Å². The van der Waals surface area contributed by atoms with Crippen LogP contribution in [-0.2, 0) is 0 Å². The van der Waals surface area contributed by atoms with Crippen molar-refractivity contribution in [2.75, 3.05) is 38.2 Å². The number of nitrogens with one attached hydrogen (secondary N) is 2. The molecular formula is C22H30N3O3+. The Hall–Kier alpha value is -2.60. The van der Waals surface area contributed by atoms with Crippen molar-refractivity contribution in [2.45, 2.75) is 33.7 Å². The van der Waals surface area contributed by atoms with E-state index < -0.39 is 0 Å². The molecule has 2 heterocycles. The van der Waals surface area contributed by atoms with Gasteiger partial charge in [-0.05, 0) is 45.4 Å². The fraction of sp³-hybridized carbons (Fsp3) is 0.455. The number of carbonyl (C=O) groups is 2. The normalized spacial score (nSPS) is 16.1. The highest BCUT2D eigenvalue weighted by Gasteiger charge is 2.33. The van der Waals surface area contributed by atoms with Crippen LogP contribution in [0, 0.1) is 13.8 Å². The highest BCUT2D eigenvalue weighted by molar-refractivity contribution is 6.04. The molecule has 0 unspecified atom stereocenters. The number of rotatable bonds is 6. The van der Waals surface area contributed by atoms with Gasteiger partial charge in [0.05, 0.1) is 44.7 Å². The summed E-state index contributed by atoms with van der Waals surface area (Å²) in [5.74, 6) is 0.953. The maximum absolute atomic E-state index is 13.1. The van der Waals surface area contributed by atoms with Crippen LogP contribution in [0.4, 0.5) is 5.69 Å². The van der Waals surface area contributed by atoms with Gasteiger partial charge in [-0.2, -0.15) is 0 Å². The summed E-state index contributed by atoms with van der Waals surface area (Å²) in [7, 11) is 1.69. The molecule has 1 fully saturated rings. The summed E-state index contributed by atoms with van der Waals surface area (Å²) in [6.07, 6.45) is 0. The molecule has 0 amide bonds. The van der Waals surface area contributed by atoms with E-state index in [-0.39, 0.29) is 17.6 Å². The molecule has 2 N–H and O–H groups in total. The molecular weight excluding hydrogens is 354 g/mol. The Balaban J connectivity index is 1.70. The maximum atomic E-state index is 13.1. The molecule has 1 aliphatic heterocycles. The number of carbonyl (C=O) groups excluding carboxylic acids is 2. The molecule has 2 aromatic rings. The average molecular weight is 385 g/mol. The van der Waals surface area contributed by atoms with E-state index in [0.29, 0.717) is 11.3 Å². The van der Waals surface area contributed by atoms with Gasteiger partial charge in [0.15, 0.2) is 11.8 Å². The Kier molecular flexibility index (Phi) is 5.89. The molecule has 0 aliphatic carbocycles. The van der Waals surface area contributed by atoms with Crippen LogP contribution in [0.2, 0.25) is 0 Å². The first-order valence-electron chi connectivity index (χ1n) is 9.82. The van der Waals surface area contributed by atoms with E-state index in [1.54, 1.807) is 14.0 Å². The van der Waals surface area contributed by atoms with E-state index in [1.165, 1.54) is 4.90 Å². The van der Waals surface area contributed by atoms with Gasteiger partial charge >= 0.3 is 0 Å². The van der Waals surface area contributed by atoms with Crippen LogP contribution in [0.15, 0.2) is 24.3 Å². The zero-order valence-electron chi connectivity index (χ0n) is 17.4. The number of nitrogens with zero attached hydrogens (tertiary/aromatic N) is 1. The van der Waals surface area contributed by atoms with Crippen molar-refractivity contribution in [3.8, 4) is 5.75 Å². The minimum atomic E-state index is -0.156. The van der Waals surface area contributed by atoms with Gasteiger partial charge in [0, 0.05) is 11.3 Å². The van der Waals surface area contributed by atoms with Gasteiger partial charge in [0.2, 0.25) is 5.78 Å². The number of hydrogen-bond acceptors (Lipinski definition) is 4. The molecule has 1 aromatic heterocycles. The summed E-state index contributed by atoms with van der Waals surface area (Å²) >= 11 is 0. The summed E-state index contributed by atoms with van der Waals surface area (Å²) in [5.41, 5.74) is 3.87. The fourth-order valence-corrected chi connectivity index (χ4v) is 4.29. The number of ketones is 2. The minimum Gasteiger partial charge on any atom is -0.495 e. The molecule has 0 spiro atoms. The van der Waals surface area contributed by atoms with E-state index in [9.17, 15) is 9.59 Å². The number of benzene rings is 1. The van der Waals surface area contributed by atoms with Gasteiger partial charge in [-0.1, -0.05) is 12.1 Å².